The molecule has 0 saturated heterocycles. The van der Waals surface area contributed by atoms with Gasteiger partial charge in [-0.05, 0) is 114 Å². The normalized spacial score (nSPS) is 11.5. The Morgan fingerprint density at radius 2 is 0.444 bits per heavy atom. The van der Waals surface area contributed by atoms with Crippen LogP contribution in [0, 0.1) is 22.7 Å². The van der Waals surface area contributed by atoms with Gasteiger partial charge in [-0.15, -0.1) is 0 Å². The third kappa shape index (κ3) is 14.0. The summed E-state index contributed by atoms with van der Waals surface area (Å²) in [4.78, 5) is 62.0. The number of fused-ring (bicyclic) bond motifs is 6. The second kappa shape index (κ2) is 31.2. The highest BCUT2D eigenvalue weighted by atomic mass is 19.4. The van der Waals surface area contributed by atoms with Crippen LogP contribution in [0.2, 0.25) is 0 Å². The maximum atomic E-state index is 14.8. The van der Waals surface area contributed by atoms with Crippen LogP contribution < -0.4 is 0 Å². The molecule has 0 N–H and O–H groups in total. The van der Waals surface area contributed by atoms with Crippen molar-refractivity contribution < 1.29 is 13.2 Å². The van der Waals surface area contributed by atoms with E-state index in [1.54, 1.807) is 6.07 Å². The highest BCUT2D eigenvalue weighted by Gasteiger charge is 2.32. The molecule has 6 aromatic heterocycles. The molecule has 0 radical (unpaired) electrons. The molecule has 6 heterocycles. The number of nitriles is 2. The van der Waals surface area contributed by atoms with Gasteiger partial charge in [0.15, 0.2) is 69.9 Å². The summed E-state index contributed by atoms with van der Waals surface area (Å²) in [6.45, 7) is 0. The third-order valence-electron chi connectivity index (χ3n) is 22.0. The minimum absolute atomic E-state index is 0.188. The van der Waals surface area contributed by atoms with E-state index in [4.69, 9.17) is 59.8 Å². The molecule has 0 fully saturated rings. The van der Waals surface area contributed by atoms with Crippen LogP contribution in [0.25, 0.3) is 214 Å². The molecule has 0 saturated carbocycles. The topological polar surface area (TPSA) is 212 Å². The molecule has 0 bridgehead atoms. The Kier molecular flexibility index (Phi) is 18.7. The molecule has 16 nitrogen and oxygen atoms in total. The minimum atomic E-state index is -4.75. The van der Waals surface area contributed by atoms with Gasteiger partial charge in [-0.3, -0.25) is 0 Å². The van der Waals surface area contributed by atoms with Crippen LogP contribution in [0.5, 0.6) is 0 Å². The van der Waals surface area contributed by atoms with Gasteiger partial charge in [-0.1, -0.05) is 267 Å². The first-order valence-electron chi connectivity index (χ1n) is 39.9. The monoisotopic (exact) mass is 1600 g/mol. The lowest BCUT2D eigenvalue weighted by Crippen LogP contribution is -2.05. The molecule has 582 valence electrons. The lowest BCUT2D eigenvalue weighted by molar-refractivity contribution is -0.137. The summed E-state index contributed by atoms with van der Waals surface area (Å²) in [6, 6.07) is 122. The summed E-state index contributed by atoms with van der Waals surface area (Å²) < 4.78 is 48.7. The SMILES string of the molecule is N#Cc1ccc(-c2ccc(-c3ccc(C(F)(F)F)cc3C#N)cc2-n2c3ccc(-c4nc(-c5ccccc5)nc(-c5ccccc5)n4)cc3c3cc(-c4nc(-c5ccccc5)nc(-c5ccccc5)n4)ccc32)c(-n2c3ccc(-c4nc(-c5ccccc5)nc(-c5ccccc5)n4)cc3c3cc(-c4nc(-c5ccccc5)nc(-c5ccccc5)n4)ccc32)c1. The highest BCUT2D eigenvalue weighted by molar-refractivity contribution is 6.14. The maximum absolute atomic E-state index is 14.8. The van der Waals surface area contributed by atoms with Gasteiger partial charge >= 0.3 is 6.18 Å². The first-order chi connectivity index (χ1) is 60.9. The van der Waals surface area contributed by atoms with Crippen molar-refractivity contribution in [1.29, 1.82) is 10.5 Å². The van der Waals surface area contributed by atoms with E-state index >= 15 is 0 Å². The lowest BCUT2D eigenvalue weighted by Gasteiger charge is -2.20. The fourth-order valence-electron chi connectivity index (χ4n) is 16.1. The summed E-state index contributed by atoms with van der Waals surface area (Å²) in [5.74, 6) is 5.42. The maximum Gasteiger partial charge on any atom is 0.416 e. The second-order valence-electron chi connectivity index (χ2n) is 29.7. The Morgan fingerprint density at radius 3 is 0.694 bits per heavy atom. The molecular weight excluding hydrogens is 1540 g/mol. The van der Waals surface area contributed by atoms with Crippen molar-refractivity contribution in [2.75, 3.05) is 0 Å². The smallest absolute Gasteiger partial charge is 0.309 e. The minimum Gasteiger partial charge on any atom is -0.309 e. The van der Waals surface area contributed by atoms with Crippen LogP contribution in [0.1, 0.15) is 16.7 Å². The standard InChI is InChI=1S/C105H61F3N16/c106-105(107,108)79-47-50-80(78(56-79)63-110)73-42-49-82(92(61-73)124-89-53-45-76(103-119-97(69-33-17-5-18-34-69)113-98(120-103)70-35-19-6-20-36-70)59-85(89)86-60-77(46-54-90(86)124)104-121-99(71-37-21-7-22-38-71)114-100(122-104)72-39-23-8-24-40-72)81-48-41-64(62-109)55-91(81)123-87-51-43-74(101-115-93(65-25-9-1-10-26-65)111-94(116-101)66-27-11-2-12-28-66)57-83(87)84-58-75(44-52-88(84)123)102-117-95(67-29-13-3-14-30-67)112-96(118-102)68-31-15-4-16-32-68/h1-61H. The molecule has 0 aliphatic carbocycles. The van der Waals surface area contributed by atoms with Crippen molar-refractivity contribution >= 4 is 43.6 Å². The summed E-state index contributed by atoms with van der Waals surface area (Å²) in [6.07, 6.45) is -4.75. The first kappa shape index (κ1) is 74.3. The zero-order chi connectivity index (χ0) is 83.4. The Morgan fingerprint density at radius 1 is 0.210 bits per heavy atom. The van der Waals surface area contributed by atoms with E-state index < -0.39 is 11.7 Å². The van der Waals surface area contributed by atoms with Gasteiger partial charge in [-0.25, -0.2) is 59.8 Å². The predicted octanol–water partition coefficient (Wildman–Crippen LogP) is 24.7. The van der Waals surface area contributed by atoms with Gasteiger partial charge in [0, 0.05) is 99.4 Å². The summed E-state index contributed by atoms with van der Waals surface area (Å²) in [7, 11) is 0. The molecule has 0 unspecified atom stereocenters. The van der Waals surface area contributed by atoms with Crippen molar-refractivity contribution in [2.45, 2.75) is 6.18 Å². The number of aromatic nitrogens is 14. The molecular formula is C105H61F3N16. The average molecular weight is 1600 g/mol. The number of nitrogens with zero attached hydrogens (tertiary/aromatic N) is 16. The Hall–Kier alpha value is -17.3. The van der Waals surface area contributed by atoms with E-state index in [2.05, 4.69) is 45.5 Å². The molecule has 0 aliphatic heterocycles. The Labute approximate surface area is 707 Å². The zero-order valence-corrected chi connectivity index (χ0v) is 65.5. The van der Waals surface area contributed by atoms with Crippen molar-refractivity contribution in [3.63, 3.8) is 0 Å². The van der Waals surface area contributed by atoms with Crippen molar-refractivity contribution in [2.24, 2.45) is 0 Å². The number of rotatable bonds is 16. The molecule has 21 aromatic rings. The van der Waals surface area contributed by atoms with Crippen molar-refractivity contribution in [3.8, 4) is 182 Å². The molecule has 0 spiro atoms. The van der Waals surface area contributed by atoms with E-state index in [1.165, 1.54) is 6.07 Å². The van der Waals surface area contributed by atoms with Crippen LogP contribution in [-0.4, -0.2) is 68.9 Å². The lowest BCUT2D eigenvalue weighted by atomic mass is 9.93. The summed E-state index contributed by atoms with van der Waals surface area (Å²) in [5, 5.41) is 25.3. The second-order valence-corrected chi connectivity index (χ2v) is 29.7. The van der Waals surface area contributed by atoms with Crippen LogP contribution in [0.3, 0.4) is 0 Å². The third-order valence-corrected chi connectivity index (χ3v) is 22.0. The molecule has 19 heteroatoms. The predicted molar refractivity (Wildman–Crippen MR) is 479 cm³/mol. The quantitative estimate of drug-likeness (QED) is 0.0881. The van der Waals surface area contributed by atoms with Crippen molar-refractivity contribution in [3.05, 3.63) is 387 Å². The van der Waals surface area contributed by atoms with Gasteiger partial charge in [0.1, 0.15) is 0 Å². The average Bonchev–Trinajstić information content (AvgIpc) is 1.56. The highest BCUT2D eigenvalue weighted by Crippen LogP contribution is 2.47. The molecule has 15 aromatic carbocycles. The van der Waals surface area contributed by atoms with E-state index in [1.807, 2.05) is 322 Å². The van der Waals surface area contributed by atoms with E-state index in [-0.39, 0.29) is 11.1 Å². The Bertz CT molecular complexity index is 7240. The van der Waals surface area contributed by atoms with Gasteiger partial charge in [0.25, 0.3) is 0 Å². The van der Waals surface area contributed by atoms with Crippen LogP contribution >= 0.6 is 0 Å². The molecule has 0 amide bonds. The number of benzene rings is 15. The van der Waals surface area contributed by atoms with Crippen LogP contribution in [-0.2, 0) is 6.18 Å². The molecule has 0 aliphatic rings. The molecule has 21 rings (SSSR count). The van der Waals surface area contributed by atoms with Crippen LogP contribution in [0.15, 0.2) is 370 Å². The van der Waals surface area contributed by atoms with E-state index in [9.17, 15) is 23.7 Å². The molecule has 0 atom stereocenters. The number of hydrogen-bond donors (Lipinski definition) is 0. The van der Waals surface area contributed by atoms with Gasteiger partial charge < -0.3 is 9.13 Å². The van der Waals surface area contributed by atoms with E-state index in [0.717, 1.165) is 89.2 Å². The Balaban J connectivity index is 0.834. The van der Waals surface area contributed by atoms with E-state index in [0.29, 0.717) is 137 Å². The van der Waals surface area contributed by atoms with Gasteiger partial charge in [-0.2, -0.15) is 23.7 Å². The summed E-state index contributed by atoms with van der Waals surface area (Å²) in [5.41, 5.74) is 14.1. The first-order valence-corrected chi connectivity index (χ1v) is 39.9. The number of alkyl halides is 3. The van der Waals surface area contributed by atoms with Crippen molar-refractivity contribution in [1.82, 2.24) is 68.9 Å². The molecule has 124 heavy (non-hydrogen) atoms. The zero-order valence-electron chi connectivity index (χ0n) is 65.5. The summed E-state index contributed by atoms with van der Waals surface area (Å²) >= 11 is 0. The fourth-order valence-corrected chi connectivity index (χ4v) is 16.1. The van der Waals surface area contributed by atoms with Gasteiger partial charge in [0.2, 0.25) is 0 Å². The van der Waals surface area contributed by atoms with Gasteiger partial charge in [0.05, 0.1) is 62.3 Å². The van der Waals surface area contributed by atoms with Crippen LogP contribution in [0.4, 0.5) is 13.2 Å². The fraction of sp³-hybridized carbons (Fsp3) is 0.00952. The number of hydrogen-bond acceptors (Lipinski definition) is 14. The number of halogens is 3. The largest absolute Gasteiger partial charge is 0.416 e.